The number of piperidine rings is 1. The Morgan fingerprint density at radius 1 is 1.35 bits per heavy atom. The van der Waals surface area contributed by atoms with Crippen LogP contribution in [0.15, 0.2) is 30.3 Å². The summed E-state index contributed by atoms with van der Waals surface area (Å²) >= 11 is 1.77. The Balaban J connectivity index is 0.00000192. The highest BCUT2D eigenvalue weighted by Gasteiger charge is 2.16. The third-order valence-corrected chi connectivity index (χ3v) is 5.79. The van der Waals surface area contributed by atoms with Crippen LogP contribution in [0.1, 0.15) is 43.5 Å². The van der Waals surface area contributed by atoms with Gasteiger partial charge in [-0.3, -0.25) is 4.79 Å². The molecule has 126 valence electrons. The molecule has 0 saturated carbocycles. The summed E-state index contributed by atoms with van der Waals surface area (Å²) in [5.74, 6) is 0.898. The number of hydrogen-bond donors (Lipinski definition) is 2. The Morgan fingerprint density at radius 3 is 2.83 bits per heavy atom. The molecule has 0 aliphatic carbocycles. The highest BCUT2D eigenvalue weighted by atomic mass is 35.5. The number of nitrogens with one attached hydrogen (secondary N) is 2. The van der Waals surface area contributed by atoms with Gasteiger partial charge in [-0.2, -0.15) is 0 Å². The van der Waals surface area contributed by atoms with E-state index in [1.165, 1.54) is 27.8 Å². The molecule has 0 bridgehead atoms. The van der Waals surface area contributed by atoms with Crippen LogP contribution < -0.4 is 10.6 Å². The molecule has 5 heteroatoms. The summed E-state index contributed by atoms with van der Waals surface area (Å²) in [4.78, 5) is 13.4. The predicted molar refractivity (Wildman–Crippen MR) is 100 cm³/mol. The minimum absolute atomic E-state index is 0. The van der Waals surface area contributed by atoms with Crippen LogP contribution in [0.5, 0.6) is 0 Å². The number of fused-ring (bicyclic) bond motifs is 1. The Hall–Kier alpha value is -1.10. The van der Waals surface area contributed by atoms with Crippen LogP contribution in [0.2, 0.25) is 0 Å². The Kier molecular flexibility index (Phi) is 6.88. The minimum Gasteiger partial charge on any atom is -0.349 e. The molecule has 1 aromatic carbocycles. The SMILES string of the molecule is CC(NC(=O)CCC1CCNCC1)c1cc2ccccc2s1.Cl. The van der Waals surface area contributed by atoms with E-state index in [1.54, 1.807) is 11.3 Å². The molecule has 1 saturated heterocycles. The van der Waals surface area contributed by atoms with Crippen LogP contribution in [0, 0.1) is 5.92 Å². The van der Waals surface area contributed by atoms with Gasteiger partial charge in [-0.25, -0.2) is 0 Å². The van der Waals surface area contributed by atoms with Crippen molar-refractivity contribution < 1.29 is 4.79 Å². The molecule has 1 aliphatic rings. The van der Waals surface area contributed by atoms with Crippen molar-refractivity contribution in [3.8, 4) is 0 Å². The summed E-state index contributed by atoms with van der Waals surface area (Å²) in [6, 6.07) is 10.7. The fourth-order valence-electron chi connectivity index (χ4n) is 3.11. The maximum absolute atomic E-state index is 12.2. The lowest BCUT2D eigenvalue weighted by atomic mass is 9.93. The van der Waals surface area contributed by atoms with E-state index in [0.717, 1.165) is 19.5 Å². The quantitative estimate of drug-likeness (QED) is 0.843. The van der Waals surface area contributed by atoms with Crippen molar-refractivity contribution >= 4 is 39.7 Å². The fraction of sp³-hybridized carbons (Fsp3) is 0.500. The lowest BCUT2D eigenvalue weighted by Crippen LogP contribution is -2.30. The molecule has 2 heterocycles. The maximum atomic E-state index is 12.2. The number of thiophene rings is 1. The van der Waals surface area contributed by atoms with Crippen LogP contribution >= 0.6 is 23.7 Å². The zero-order chi connectivity index (χ0) is 15.4. The molecule has 3 nitrogen and oxygen atoms in total. The predicted octanol–water partition coefficient (Wildman–Crippen LogP) is 4.28. The van der Waals surface area contributed by atoms with Crippen molar-refractivity contribution in [2.45, 2.75) is 38.6 Å². The number of rotatable bonds is 5. The summed E-state index contributed by atoms with van der Waals surface area (Å²) < 4.78 is 1.29. The van der Waals surface area contributed by atoms with E-state index in [0.29, 0.717) is 12.3 Å². The van der Waals surface area contributed by atoms with Crippen molar-refractivity contribution in [1.82, 2.24) is 10.6 Å². The van der Waals surface area contributed by atoms with Crippen LogP contribution in [0.4, 0.5) is 0 Å². The van der Waals surface area contributed by atoms with Gasteiger partial charge in [-0.15, -0.1) is 23.7 Å². The first-order valence-electron chi connectivity index (χ1n) is 8.21. The second kappa shape index (κ2) is 8.67. The molecule has 1 amide bonds. The second-order valence-corrected chi connectivity index (χ2v) is 7.32. The van der Waals surface area contributed by atoms with Crippen LogP contribution in [-0.4, -0.2) is 19.0 Å². The number of halogens is 1. The molecule has 1 aliphatic heterocycles. The van der Waals surface area contributed by atoms with E-state index in [4.69, 9.17) is 0 Å². The van der Waals surface area contributed by atoms with E-state index in [2.05, 4.69) is 47.9 Å². The normalized spacial score (nSPS) is 16.7. The Morgan fingerprint density at radius 2 is 2.09 bits per heavy atom. The van der Waals surface area contributed by atoms with E-state index in [9.17, 15) is 4.79 Å². The van der Waals surface area contributed by atoms with Crippen molar-refractivity contribution in [1.29, 1.82) is 0 Å². The molecule has 23 heavy (non-hydrogen) atoms. The molecule has 0 radical (unpaired) electrons. The van der Waals surface area contributed by atoms with Gasteiger partial charge >= 0.3 is 0 Å². The summed E-state index contributed by atoms with van der Waals surface area (Å²) in [7, 11) is 0. The first-order chi connectivity index (χ1) is 10.7. The average molecular weight is 353 g/mol. The molecule has 2 aromatic rings. The van der Waals surface area contributed by atoms with Crippen molar-refractivity contribution in [2.24, 2.45) is 5.92 Å². The molecule has 0 spiro atoms. The van der Waals surface area contributed by atoms with Crippen molar-refractivity contribution in [3.05, 3.63) is 35.2 Å². The van der Waals surface area contributed by atoms with Crippen LogP contribution in [0.25, 0.3) is 10.1 Å². The van der Waals surface area contributed by atoms with Crippen LogP contribution in [-0.2, 0) is 4.79 Å². The average Bonchev–Trinajstić information content (AvgIpc) is 2.98. The summed E-state index contributed by atoms with van der Waals surface area (Å²) in [5.41, 5.74) is 0. The third-order valence-electron chi connectivity index (χ3n) is 4.49. The zero-order valence-corrected chi connectivity index (χ0v) is 15.1. The van der Waals surface area contributed by atoms with Crippen molar-refractivity contribution in [2.75, 3.05) is 13.1 Å². The largest absolute Gasteiger partial charge is 0.349 e. The molecule has 1 fully saturated rings. The first-order valence-corrected chi connectivity index (χ1v) is 9.02. The van der Waals surface area contributed by atoms with Gasteiger partial charge in [0, 0.05) is 16.0 Å². The zero-order valence-electron chi connectivity index (χ0n) is 13.5. The fourth-order valence-corrected chi connectivity index (χ4v) is 4.17. The molecule has 3 rings (SSSR count). The smallest absolute Gasteiger partial charge is 0.220 e. The number of amides is 1. The summed E-state index contributed by atoms with van der Waals surface area (Å²) in [6.45, 7) is 4.28. The number of carbonyl (C=O) groups excluding carboxylic acids is 1. The topological polar surface area (TPSA) is 41.1 Å². The molecule has 1 unspecified atom stereocenters. The van der Waals surface area contributed by atoms with Crippen LogP contribution in [0.3, 0.4) is 0 Å². The van der Waals surface area contributed by atoms with Gasteiger partial charge in [0.1, 0.15) is 0 Å². The summed E-state index contributed by atoms with van der Waals surface area (Å²) in [6.07, 6.45) is 4.09. The lowest BCUT2D eigenvalue weighted by molar-refractivity contribution is -0.122. The molecular weight excluding hydrogens is 328 g/mol. The number of carbonyl (C=O) groups is 1. The lowest BCUT2D eigenvalue weighted by Gasteiger charge is -2.22. The highest BCUT2D eigenvalue weighted by Crippen LogP contribution is 2.29. The molecular formula is C18H25ClN2OS. The number of hydrogen-bond acceptors (Lipinski definition) is 3. The molecule has 2 N–H and O–H groups in total. The summed E-state index contributed by atoms with van der Waals surface area (Å²) in [5, 5.41) is 7.78. The van der Waals surface area contributed by atoms with Crippen molar-refractivity contribution in [3.63, 3.8) is 0 Å². The highest BCUT2D eigenvalue weighted by molar-refractivity contribution is 7.19. The molecule has 1 aromatic heterocycles. The Bertz CT molecular complexity index is 604. The van der Waals surface area contributed by atoms with Gasteiger partial charge in [0.25, 0.3) is 0 Å². The van der Waals surface area contributed by atoms with E-state index in [1.807, 2.05) is 0 Å². The van der Waals surface area contributed by atoms with Gasteiger partial charge in [0.05, 0.1) is 6.04 Å². The standard InChI is InChI=1S/C18H24N2OS.ClH/c1-13(17-12-15-4-2-3-5-16(15)22-17)20-18(21)7-6-14-8-10-19-11-9-14;/h2-5,12-14,19H,6-11H2,1H3,(H,20,21);1H. The van der Waals surface area contributed by atoms with Gasteiger partial charge in [-0.05, 0) is 62.7 Å². The Labute approximate surface area is 148 Å². The van der Waals surface area contributed by atoms with Gasteiger partial charge in [0.2, 0.25) is 5.91 Å². The monoisotopic (exact) mass is 352 g/mol. The van der Waals surface area contributed by atoms with E-state index < -0.39 is 0 Å². The minimum atomic E-state index is 0. The maximum Gasteiger partial charge on any atom is 0.220 e. The van der Waals surface area contributed by atoms with Gasteiger partial charge in [-0.1, -0.05) is 18.2 Å². The van der Waals surface area contributed by atoms with E-state index in [-0.39, 0.29) is 24.4 Å². The van der Waals surface area contributed by atoms with Gasteiger partial charge < -0.3 is 10.6 Å². The second-order valence-electron chi connectivity index (χ2n) is 6.21. The third kappa shape index (κ3) is 4.93. The van der Waals surface area contributed by atoms with Gasteiger partial charge in [0.15, 0.2) is 0 Å². The number of benzene rings is 1. The first kappa shape index (κ1) is 18.2. The molecule has 1 atom stereocenters. The van der Waals surface area contributed by atoms with E-state index >= 15 is 0 Å².